The monoisotopic (exact) mass is 323 g/mol. The van der Waals surface area contributed by atoms with Gasteiger partial charge in [-0.15, -0.1) is 0 Å². The molecule has 0 aliphatic heterocycles. The zero-order valence-electron chi connectivity index (χ0n) is 12.9. The second-order valence-corrected chi connectivity index (χ2v) is 5.16. The maximum Gasteiger partial charge on any atom is 0.287 e. The van der Waals surface area contributed by atoms with E-state index in [1.54, 1.807) is 21.3 Å². The average Bonchev–Trinajstić information content (AvgIpc) is 2.54. The van der Waals surface area contributed by atoms with E-state index in [0.29, 0.717) is 17.2 Å². The lowest BCUT2D eigenvalue weighted by molar-refractivity contribution is 0.354. The quantitative estimate of drug-likeness (QED) is 0.916. The Bertz CT molecular complexity index is 730. The third-order valence-electron chi connectivity index (χ3n) is 3.36. The van der Waals surface area contributed by atoms with Crippen LogP contribution in [0, 0.1) is 0 Å². The summed E-state index contributed by atoms with van der Waals surface area (Å²) in [6.45, 7) is 1.95. The summed E-state index contributed by atoms with van der Waals surface area (Å²) in [6.07, 6.45) is 1.53. The van der Waals surface area contributed by atoms with E-state index in [1.807, 2.05) is 25.1 Å². The zero-order valence-corrected chi connectivity index (χ0v) is 13.6. The standard InChI is InChI=1S/C15H18ClN3O3/c1-9(10-5-6-12(21-3)13(7-10)22-4)18-11-8-17-19(2)15(20)14(11)16/h5-9,18H,1-4H3/t9-/m1/s1. The molecule has 2 aromatic rings. The molecule has 6 nitrogen and oxygen atoms in total. The molecule has 1 atom stereocenters. The molecule has 0 fully saturated rings. The highest BCUT2D eigenvalue weighted by molar-refractivity contribution is 6.32. The van der Waals surface area contributed by atoms with Gasteiger partial charge in [0.1, 0.15) is 5.02 Å². The Morgan fingerprint density at radius 1 is 1.27 bits per heavy atom. The number of nitrogens with zero attached hydrogens (tertiary/aromatic N) is 2. The highest BCUT2D eigenvalue weighted by atomic mass is 35.5. The van der Waals surface area contributed by atoms with Crippen LogP contribution in [-0.4, -0.2) is 24.0 Å². The number of anilines is 1. The molecule has 1 N–H and O–H groups in total. The lowest BCUT2D eigenvalue weighted by Crippen LogP contribution is -2.21. The highest BCUT2D eigenvalue weighted by Crippen LogP contribution is 2.31. The summed E-state index contributed by atoms with van der Waals surface area (Å²) in [5, 5.41) is 7.25. The van der Waals surface area contributed by atoms with Crippen LogP contribution in [0.5, 0.6) is 11.5 Å². The fourth-order valence-electron chi connectivity index (χ4n) is 2.05. The van der Waals surface area contributed by atoms with Crippen LogP contribution in [-0.2, 0) is 7.05 Å². The van der Waals surface area contributed by atoms with Crippen LogP contribution in [0.15, 0.2) is 29.2 Å². The van der Waals surface area contributed by atoms with Gasteiger partial charge in [0.2, 0.25) is 0 Å². The predicted molar refractivity (Wildman–Crippen MR) is 86.1 cm³/mol. The first-order valence-corrected chi connectivity index (χ1v) is 7.06. The van der Waals surface area contributed by atoms with Crippen molar-refractivity contribution < 1.29 is 9.47 Å². The van der Waals surface area contributed by atoms with Gasteiger partial charge in [0.15, 0.2) is 11.5 Å². The van der Waals surface area contributed by atoms with Crippen molar-refractivity contribution in [1.82, 2.24) is 9.78 Å². The van der Waals surface area contributed by atoms with Crippen molar-refractivity contribution in [3.8, 4) is 11.5 Å². The van der Waals surface area contributed by atoms with Crippen molar-refractivity contribution >= 4 is 17.3 Å². The molecule has 0 aliphatic rings. The van der Waals surface area contributed by atoms with Crippen LogP contribution in [0.3, 0.4) is 0 Å². The Morgan fingerprint density at radius 3 is 2.59 bits per heavy atom. The maximum atomic E-state index is 11.8. The van der Waals surface area contributed by atoms with Crippen LogP contribution in [0.25, 0.3) is 0 Å². The number of aromatic nitrogens is 2. The van der Waals surface area contributed by atoms with Crippen molar-refractivity contribution in [2.75, 3.05) is 19.5 Å². The van der Waals surface area contributed by atoms with E-state index in [9.17, 15) is 4.79 Å². The lowest BCUT2D eigenvalue weighted by atomic mass is 10.1. The molecule has 1 heterocycles. The van der Waals surface area contributed by atoms with Gasteiger partial charge in [-0.2, -0.15) is 5.10 Å². The first-order valence-electron chi connectivity index (χ1n) is 6.68. The second-order valence-electron chi connectivity index (χ2n) is 4.78. The Kier molecular flexibility index (Phi) is 4.92. The molecular formula is C15H18ClN3O3. The first kappa shape index (κ1) is 16.2. The first-order chi connectivity index (χ1) is 10.5. The molecule has 118 valence electrons. The van der Waals surface area contributed by atoms with Gasteiger partial charge < -0.3 is 14.8 Å². The van der Waals surface area contributed by atoms with Gasteiger partial charge >= 0.3 is 0 Å². The molecule has 0 saturated carbocycles. The third kappa shape index (κ3) is 3.17. The van der Waals surface area contributed by atoms with E-state index < -0.39 is 0 Å². The maximum absolute atomic E-state index is 11.8. The molecular weight excluding hydrogens is 306 g/mol. The molecule has 7 heteroatoms. The van der Waals surface area contributed by atoms with Gasteiger partial charge in [-0.05, 0) is 24.6 Å². The molecule has 0 unspecified atom stereocenters. The third-order valence-corrected chi connectivity index (χ3v) is 3.72. The van der Waals surface area contributed by atoms with Gasteiger partial charge in [-0.1, -0.05) is 17.7 Å². The minimum absolute atomic E-state index is 0.0915. The van der Waals surface area contributed by atoms with E-state index in [0.717, 1.165) is 5.56 Å². The molecule has 1 aromatic heterocycles. The molecule has 1 aromatic carbocycles. The Morgan fingerprint density at radius 2 is 1.95 bits per heavy atom. The molecule has 0 spiro atoms. The molecule has 0 radical (unpaired) electrons. The average molecular weight is 324 g/mol. The van der Waals surface area contributed by atoms with Crippen LogP contribution in [0.1, 0.15) is 18.5 Å². The fourth-order valence-corrected chi connectivity index (χ4v) is 2.28. The van der Waals surface area contributed by atoms with E-state index in [2.05, 4.69) is 10.4 Å². The number of nitrogens with one attached hydrogen (secondary N) is 1. The summed E-state index contributed by atoms with van der Waals surface area (Å²) < 4.78 is 11.7. The number of halogens is 1. The zero-order chi connectivity index (χ0) is 16.3. The summed E-state index contributed by atoms with van der Waals surface area (Å²) in [5.41, 5.74) is 1.12. The van der Waals surface area contributed by atoms with Gasteiger partial charge in [0.25, 0.3) is 5.56 Å². The van der Waals surface area contributed by atoms with Gasteiger partial charge in [0, 0.05) is 13.1 Å². The van der Waals surface area contributed by atoms with Crippen molar-refractivity contribution in [1.29, 1.82) is 0 Å². The minimum Gasteiger partial charge on any atom is -0.493 e. The van der Waals surface area contributed by atoms with Crippen LogP contribution < -0.4 is 20.3 Å². The van der Waals surface area contributed by atoms with Crippen LogP contribution >= 0.6 is 11.6 Å². The van der Waals surface area contributed by atoms with E-state index in [-0.39, 0.29) is 16.6 Å². The Hall–Kier alpha value is -2.21. The van der Waals surface area contributed by atoms with E-state index >= 15 is 0 Å². The smallest absolute Gasteiger partial charge is 0.287 e. The number of aryl methyl sites for hydroxylation is 1. The van der Waals surface area contributed by atoms with Crippen molar-refractivity contribution in [2.24, 2.45) is 7.05 Å². The largest absolute Gasteiger partial charge is 0.493 e. The van der Waals surface area contributed by atoms with Crippen molar-refractivity contribution in [3.05, 3.63) is 45.3 Å². The summed E-state index contributed by atoms with van der Waals surface area (Å²) in [6, 6.07) is 5.53. The molecule has 22 heavy (non-hydrogen) atoms. The van der Waals surface area contributed by atoms with Gasteiger partial charge in [-0.3, -0.25) is 4.79 Å². The molecule has 0 amide bonds. The Labute approximate surface area is 133 Å². The molecule has 0 bridgehead atoms. The van der Waals surface area contributed by atoms with E-state index in [1.165, 1.54) is 10.9 Å². The number of ether oxygens (including phenoxy) is 2. The Balaban J connectivity index is 2.28. The molecule has 2 rings (SSSR count). The fraction of sp³-hybridized carbons (Fsp3) is 0.333. The highest BCUT2D eigenvalue weighted by Gasteiger charge is 2.13. The predicted octanol–water partition coefficient (Wildman–Crippen LogP) is 2.62. The van der Waals surface area contributed by atoms with Gasteiger partial charge in [-0.25, -0.2) is 4.68 Å². The van der Waals surface area contributed by atoms with E-state index in [4.69, 9.17) is 21.1 Å². The van der Waals surface area contributed by atoms with Crippen molar-refractivity contribution in [3.63, 3.8) is 0 Å². The van der Waals surface area contributed by atoms with Crippen LogP contribution in [0.4, 0.5) is 5.69 Å². The van der Waals surface area contributed by atoms with Crippen molar-refractivity contribution in [2.45, 2.75) is 13.0 Å². The number of methoxy groups -OCH3 is 2. The molecule has 0 saturated heterocycles. The van der Waals surface area contributed by atoms with Crippen LogP contribution in [0.2, 0.25) is 5.02 Å². The summed E-state index contributed by atoms with van der Waals surface area (Å²) in [5.74, 6) is 1.30. The number of benzene rings is 1. The molecule has 0 aliphatic carbocycles. The summed E-state index contributed by atoms with van der Waals surface area (Å²) >= 11 is 6.06. The second kappa shape index (κ2) is 6.70. The number of rotatable bonds is 5. The topological polar surface area (TPSA) is 65.4 Å². The lowest BCUT2D eigenvalue weighted by Gasteiger charge is -2.18. The summed E-state index contributed by atoms with van der Waals surface area (Å²) in [7, 11) is 4.72. The van der Waals surface area contributed by atoms with Gasteiger partial charge in [0.05, 0.1) is 26.1 Å². The number of hydrogen-bond acceptors (Lipinski definition) is 5. The number of hydrogen-bond donors (Lipinski definition) is 1. The normalized spacial score (nSPS) is 11.9. The minimum atomic E-state index is -0.342. The summed E-state index contributed by atoms with van der Waals surface area (Å²) in [4.78, 5) is 11.8. The SMILES string of the molecule is COc1ccc([C@@H](C)Nc2cnn(C)c(=O)c2Cl)cc1OC.